The molecule has 1 nitrogen and oxygen atoms in total. The average molecular weight is 212 g/mol. The summed E-state index contributed by atoms with van der Waals surface area (Å²) in [6, 6.07) is 0. The number of hydrogen-bond acceptors (Lipinski definition) is 1. The summed E-state index contributed by atoms with van der Waals surface area (Å²) in [6.07, 6.45) is 9.33. The summed E-state index contributed by atoms with van der Waals surface area (Å²) in [5.74, 6) is 3.42. The number of fused-ring (bicyclic) bond motifs is 5. The molecule has 0 amide bonds. The lowest BCUT2D eigenvalue weighted by Crippen LogP contribution is -2.28. The highest BCUT2D eigenvalue weighted by molar-refractivity contribution is 6.38. The molecule has 4 unspecified atom stereocenters. The molecule has 3 saturated carbocycles. The molecule has 0 heterocycles. The third-order valence-electron chi connectivity index (χ3n) is 5.08. The van der Waals surface area contributed by atoms with Crippen molar-refractivity contribution in [2.45, 2.75) is 43.6 Å². The number of hydrogen-bond donors (Lipinski definition) is 0. The van der Waals surface area contributed by atoms with Crippen LogP contribution in [0.4, 0.5) is 0 Å². The Hall–Kier alpha value is 0.394. The Morgan fingerprint density at radius 2 is 2.23 bits per heavy atom. The van der Waals surface area contributed by atoms with Crippen molar-refractivity contribution in [2.75, 3.05) is 0 Å². The molecule has 0 N–H and O–H groups in total. The van der Waals surface area contributed by atoms with Crippen LogP contribution in [0.1, 0.15) is 38.5 Å². The van der Waals surface area contributed by atoms with E-state index in [2.05, 4.69) is 0 Å². The lowest BCUT2D eigenvalue weighted by atomic mass is 9.81. The smallest absolute Gasteiger partial charge is 0.152 e. The fraction of sp³-hybridized carbons (Fsp3) is 1.00. The van der Waals surface area contributed by atoms with Crippen molar-refractivity contribution in [3.63, 3.8) is 0 Å². The predicted molar refractivity (Wildman–Crippen MR) is 60.4 cm³/mol. The molecule has 3 aliphatic rings. The molecular weight excluding hydrogens is 192 g/mol. The van der Waals surface area contributed by atoms with Gasteiger partial charge in [-0.2, -0.15) is 0 Å². The minimum absolute atomic E-state index is 0.156. The fourth-order valence-corrected chi connectivity index (χ4v) is 8.60. The van der Waals surface area contributed by atoms with Gasteiger partial charge in [0.05, 0.1) is 0 Å². The second-order valence-electron chi connectivity index (χ2n) is 5.50. The molecule has 0 aromatic heterocycles. The number of rotatable bonds is 2. The molecule has 3 fully saturated rings. The van der Waals surface area contributed by atoms with Gasteiger partial charge in [0.1, 0.15) is 10.5 Å². The second-order valence-corrected chi connectivity index (χ2v) is 9.51. The first-order chi connectivity index (χ1) is 6.36. The van der Waals surface area contributed by atoms with Crippen molar-refractivity contribution in [3.8, 4) is 0 Å². The molecule has 0 aromatic rings. The maximum absolute atomic E-state index is 5.73. The SMILES string of the molecule is [SiH3]O[SiH2]C12CCC(C1)C1CCCC12. The van der Waals surface area contributed by atoms with Gasteiger partial charge in [0, 0.05) is 0 Å². The molecule has 74 valence electrons. The summed E-state index contributed by atoms with van der Waals surface area (Å²) < 4.78 is 5.73. The van der Waals surface area contributed by atoms with Gasteiger partial charge in [0.15, 0.2) is 9.76 Å². The van der Waals surface area contributed by atoms with E-state index in [-0.39, 0.29) is 9.76 Å². The van der Waals surface area contributed by atoms with Crippen molar-refractivity contribution in [2.24, 2.45) is 17.8 Å². The van der Waals surface area contributed by atoms with Crippen molar-refractivity contribution < 1.29 is 4.12 Å². The second kappa shape index (κ2) is 2.94. The van der Waals surface area contributed by atoms with E-state index in [1.165, 1.54) is 6.42 Å². The minimum atomic E-state index is -0.156. The Kier molecular flexibility index (Phi) is 1.96. The topological polar surface area (TPSA) is 9.23 Å². The molecule has 0 aliphatic heterocycles. The summed E-state index contributed by atoms with van der Waals surface area (Å²) in [5, 5.41) is 0.813. The molecule has 3 heteroatoms. The summed E-state index contributed by atoms with van der Waals surface area (Å²) in [7, 11) is 0.844. The highest BCUT2D eigenvalue weighted by Crippen LogP contribution is 2.69. The highest BCUT2D eigenvalue weighted by Gasteiger charge is 2.58. The maximum atomic E-state index is 5.73. The predicted octanol–water partition coefficient (Wildman–Crippen LogP) is 0.756. The van der Waals surface area contributed by atoms with E-state index in [1.807, 2.05) is 0 Å². The van der Waals surface area contributed by atoms with Crippen LogP contribution in [-0.4, -0.2) is 20.2 Å². The minimum Gasteiger partial charge on any atom is -0.468 e. The molecule has 4 atom stereocenters. The Labute approximate surface area is 86.1 Å². The first-order valence-electron chi connectivity index (χ1n) is 5.85. The average Bonchev–Trinajstić information content (AvgIpc) is 2.73. The van der Waals surface area contributed by atoms with E-state index in [0.717, 1.165) is 33.3 Å². The van der Waals surface area contributed by atoms with Gasteiger partial charge in [-0.05, 0) is 54.9 Å². The summed E-state index contributed by atoms with van der Waals surface area (Å²) in [5.41, 5.74) is 0. The van der Waals surface area contributed by atoms with Crippen LogP contribution in [0.25, 0.3) is 0 Å². The molecule has 2 bridgehead atoms. The maximum Gasteiger partial charge on any atom is 0.152 e. The van der Waals surface area contributed by atoms with E-state index >= 15 is 0 Å². The van der Waals surface area contributed by atoms with E-state index < -0.39 is 0 Å². The van der Waals surface area contributed by atoms with Gasteiger partial charge in [-0.1, -0.05) is 6.42 Å². The zero-order chi connectivity index (χ0) is 8.89. The van der Waals surface area contributed by atoms with Crippen LogP contribution < -0.4 is 0 Å². The molecule has 0 aromatic carbocycles. The molecule has 13 heavy (non-hydrogen) atoms. The largest absolute Gasteiger partial charge is 0.468 e. The van der Waals surface area contributed by atoms with E-state index in [0.29, 0.717) is 0 Å². The monoisotopic (exact) mass is 212 g/mol. The van der Waals surface area contributed by atoms with Gasteiger partial charge in [-0.25, -0.2) is 0 Å². The van der Waals surface area contributed by atoms with Crippen LogP contribution in [0.15, 0.2) is 0 Å². The van der Waals surface area contributed by atoms with Crippen LogP contribution in [0, 0.1) is 17.8 Å². The lowest BCUT2D eigenvalue weighted by Gasteiger charge is -2.35. The molecule has 3 rings (SSSR count). The van der Waals surface area contributed by atoms with Gasteiger partial charge in [-0.15, -0.1) is 0 Å². The van der Waals surface area contributed by atoms with Crippen LogP contribution in [0.5, 0.6) is 0 Å². The van der Waals surface area contributed by atoms with Crippen LogP contribution in [-0.2, 0) is 4.12 Å². The van der Waals surface area contributed by atoms with Crippen LogP contribution in [0.2, 0.25) is 5.04 Å². The molecule has 0 spiro atoms. The molecule has 0 radical (unpaired) electrons. The van der Waals surface area contributed by atoms with Crippen molar-refractivity contribution in [3.05, 3.63) is 0 Å². The fourth-order valence-electron chi connectivity index (χ4n) is 4.74. The van der Waals surface area contributed by atoms with Gasteiger partial charge in [-0.3, -0.25) is 0 Å². The van der Waals surface area contributed by atoms with E-state index in [4.69, 9.17) is 4.12 Å². The normalized spacial score (nSPS) is 54.0. The summed E-state index contributed by atoms with van der Waals surface area (Å²) >= 11 is 0. The quantitative estimate of drug-likeness (QED) is 0.614. The van der Waals surface area contributed by atoms with E-state index in [9.17, 15) is 0 Å². The highest BCUT2D eigenvalue weighted by atomic mass is 28.3. The first kappa shape index (κ1) is 8.68. The zero-order valence-corrected chi connectivity index (χ0v) is 12.0. The Bertz CT molecular complexity index is 221. The van der Waals surface area contributed by atoms with Crippen molar-refractivity contribution in [1.82, 2.24) is 0 Å². The van der Waals surface area contributed by atoms with Crippen molar-refractivity contribution in [1.29, 1.82) is 0 Å². The van der Waals surface area contributed by atoms with E-state index in [1.54, 1.807) is 32.1 Å². The Morgan fingerprint density at radius 1 is 1.31 bits per heavy atom. The van der Waals surface area contributed by atoms with Gasteiger partial charge in [0.2, 0.25) is 0 Å². The molecule has 3 aliphatic carbocycles. The molecule has 0 saturated heterocycles. The third-order valence-corrected chi connectivity index (χ3v) is 7.97. The van der Waals surface area contributed by atoms with Crippen molar-refractivity contribution >= 4 is 20.2 Å². The van der Waals surface area contributed by atoms with Crippen LogP contribution >= 0.6 is 0 Å². The summed E-state index contributed by atoms with van der Waals surface area (Å²) in [6.45, 7) is 0. The Balaban J connectivity index is 1.87. The van der Waals surface area contributed by atoms with Gasteiger partial charge < -0.3 is 4.12 Å². The van der Waals surface area contributed by atoms with Gasteiger partial charge in [0.25, 0.3) is 0 Å². The zero-order valence-electron chi connectivity index (χ0n) is 8.59. The Morgan fingerprint density at radius 3 is 3.08 bits per heavy atom. The van der Waals surface area contributed by atoms with Crippen LogP contribution in [0.3, 0.4) is 0 Å². The first-order valence-corrected chi connectivity index (χ1v) is 7.95. The summed E-state index contributed by atoms with van der Waals surface area (Å²) in [4.78, 5) is 0. The third kappa shape index (κ3) is 1.07. The lowest BCUT2D eigenvalue weighted by molar-refractivity contribution is 0.260. The molecular formula is C10H20OSi2. The van der Waals surface area contributed by atoms with Gasteiger partial charge >= 0.3 is 0 Å². The standard InChI is InChI=1S/C10H20OSi2/c12-11-13-10-5-4-7(6-10)8-2-1-3-9(8)10/h7-9H,1-6,13H2,12H3.